The van der Waals surface area contributed by atoms with Crippen molar-refractivity contribution in [3.63, 3.8) is 0 Å². The molecule has 0 unspecified atom stereocenters. The van der Waals surface area contributed by atoms with Crippen LogP contribution in [0.15, 0.2) is 48.5 Å². The van der Waals surface area contributed by atoms with Crippen molar-refractivity contribution >= 4 is 11.8 Å². The fourth-order valence-corrected chi connectivity index (χ4v) is 3.39. The standard InChI is InChI=1S/C23H28N2O2/c1-16(2)18-8-10-19(11-9-18)22(26)24-21-12-14-25(15-13-21)23(27)20-6-4-17(3)5-7-20/h4-11,16,21H,12-15H2,1-3H3,(H,24,26). The number of hydrogen-bond donors (Lipinski definition) is 1. The fourth-order valence-electron chi connectivity index (χ4n) is 3.39. The van der Waals surface area contributed by atoms with E-state index in [-0.39, 0.29) is 17.9 Å². The van der Waals surface area contributed by atoms with E-state index in [4.69, 9.17) is 0 Å². The minimum atomic E-state index is -0.0337. The van der Waals surface area contributed by atoms with E-state index < -0.39 is 0 Å². The van der Waals surface area contributed by atoms with Crippen LogP contribution in [0.5, 0.6) is 0 Å². The highest BCUT2D eigenvalue weighted by molar-refractivity contribution is 5.95. The number of aryl methyl sites for hydroxylation is 1. The second-order valence-electron chi connectivity index (χ2n) is 7.68. The first-order valence-electron chi connectivity index (χ1n) is 9.71. The summed E-state index contributed by atoms with van der Waals surface area (Å²) in [6, 6.07) is 15.6. The van der Waals surface area contributed by atoms with Gasteiger partial charge in [0.25, 0.3) is 11.8 Å². The molecule has 1 aliphatic heterocycles. The molecule has 0 spiro atoms. The van der Waals surface area contributed by atoms with Gasteiger partial charge in [-0.15, -0.1) is 0 Å². The second-order valence-corrected chi connectivity index (χ2v) is 7.68. The van der Waals surface area contributed by atoms with E-state index >= 15 is 0 Å². The highest BCUT2D eigenvalue weighted by atomic mass is 16.2. The Morgan fingerprint density at radius 1 is 0.926 bits per heavy atom. The molecule has 4 nitrogen and oxygen atoms in total. The van der Waals surface area contributed by atoms with Crippen LogP contribution in [-0.2, 0) is 0 Å². The molecule has 4 heteroatoms. The summed E-state index contributed by atoms with van der Waals surface area (Å²) in [5, 5.41) is 3.11. The maximum atomic E-state index is 12.6. The number of likely N-dealkylation sites (tertiary alicyclic amines) is 1. The Morgan fingerprint density at radius 2 is 1.48 bits per heavy atom. The van der Waals surface area contributed by atoms with Gasteiger partial charge in [0.15, 0.2) is 0 Å². The Kier molecular flexibility index (Phi) is 5.94. The molecule has 0 bridgehead atoms. The van der Waals surface area contributed by atoms with Gasteiger partial charge in [-0.25, -0.2) is 0 Å². The number of amides is 2. The van der Waals surface area contributed by atoms with Crippen LogP contribution in [0.1, 0.15) is 64.4 Å². The van der Waals surface area contributed by atoms with Crippen molar-refractivity contribution < 1.29 is 9.59 Å². The number of rotatable bonds is 4. The molecule has 142 valence electrons. The molecule has 27 heavy (non-hydrogen) atoms. The topological polar surface area (TPSA) is 49.4 Å². The van der Waals surface area contributed by atoms with E-state index in [1.54, 1.807) is 0 Å². The van der Waals surface area contributed by atoms with E-state index in [1.165, 1.54) is 5.56 Å². The second kappa shape index (κ2) is 8.38. The number of nitrogens with zero attached hydrogens (tertiary/aromatic N) is 1. The summed E-state index contributed by atoms with van der Waals surface area (Å²) >= 11 is 0. The van der Waals surface area contributed by atoms with E-state index in [9.17, 15) is 9.59 Å². The predicted octanol–water partition coefficient (Wildman–Crippen LogP) is 4.15. The molecular weight excluding hydrogens is 336 g/mol. The molecule has 3 rings (SSSR count). The third kappa shape index (κ3) is 4.76. The monoisotopic (exact) mass is 364 g/mol. The molecule has 0 saturated carbocycles. The van der Waals surface area contributed by atoms with Gasteiger partial charge in [-0.05, 0) is 55.5 Å². The Balaban J connectivity index is 1.52. The Bertz CT molecular complexity index is 786. The van der Waals surface area contributed by atoms with Gasteiger partial charge in [0, 0.05) is 30.3 Å². The van der Waals surface area contributed by atoms with Crippen LogP contribution in [0.2, 0.25) is 0 Å². The molecule has 0 aliphatic carbocycles. The summed E-state index contributed by atoms with van der Waals surface area (Å²) in [6.07, 6.45) is 1.57. The number of carbonyl (C=O) groups excluding carboxylic acids is 2. The third-order valence-corrected chi connectivity index (χ3v) is 5.26. The molecule has 1 heterocycles. The van der Waals surface area contributed by atoms with Crippen LogP contribution in [-0.4, -0.2) is 35.8 Å². The smallest absolute Gasteiger partial charge is 0.253 e. The van der Waals surface area contributed by atoms with Crippen LogP contribution in [0.25, 0.3) is 0 Å². The van der Waals surface area contributed by atoms with E-state index in [2.05, 4.69) is 19.2 Å². The molecule has 1 aliphatic rings. The van der Waals surface area contributed by atoms with Crippen LogP contribution >= 0.6 is 0 Å². The van der Waals surface area contributed by atoms with Crippen LogP contribution in [0.3, 0.4) is 0 Å². The number of benzene rings is 2. The normalized spacial score (nSPS) is 15.0. The highest BCUT2D eigenvalue weighted by Gasteiger charge is 2.24. The van der Waals surface area contributed by atoms with Gasteiger partial charge in [0.2, 0.25) is 0 Å². The summed E-state index contributed by atoms with van der Waals surface area (Å²) in [4.78, 5) is 26.9. The Morgan fingerprint density at radius 3 is 2.04 bits per heavy atom. The summed E-state index contributed by atoms with van der Waals surface area (Å²) in [6.45, 7) is 7.63. The van der Waals surface area contributed by atoms with Crippen molar-refractivity contribution in [2.45, 2.75) is 45.6 Å². The van der Waals surface area contributed by atoms with Gasteiger partial charge in [0.05, 0.1) is 0 Å². The van der Waals surface area contributed by atoms with Gasteiger partial charge in [-0.1, -0.05) is 43.7 Å². The van der Waals surface area contributed by atoms with Crippen molar-refractivity contribution in [2.75, 3.05) is 13.1 Å². The Hall–Kier alpha value is -2.62. The Labute approximate surface area is 161 Å². The molecule has 1 fully saturated rings. The maximum absolute atomic E-state index is 12.6. The first-order chi connectivity index (χ1) is 12.9. The first-order valence-corrected chi connectivity index (χ1v) is 9.71. The maximum Gasteiger partial charge on any atom is 0.253 e. The van der Waals surface area contributed by atoms with Gasteiger partial charge in [-0.2, -0.15) is 0 Å². The van der Waals surface area contributed by atoms with E-state index in [0.29, 0.717) is 24.6 Å². The minimum absolute atomic E-state index is 0.0337. The molecule has 1 N–H and O–H groups in total. The van der Waals surface area contributed by atoms with Gasteiger partial charge < -0.3 is 10.2 Å². The van der Waals surface area contributed by atoms with Crippen molar-refractivity contribution in [3.05, 3.63) is 70.8 Å². The lowest BCUT2D eigenvalue weighted by molar-refractivity contribution is 0.0698. The van der Waals surface area contributed by atoms with Gasteiger partial charge in [-0.3, -0.25) is 9.59 Å². The van der Waals surface area contributed by atoms with Crippen LogP contribution in [0, 0.1) is 6.92 Å². The minimum Gasteiger partial charge on any atom is -0.349 e. The molecule has 1 saturated heterocycles. The lowest BCUT2D eigenvalue weighted by atomic mass is 10.0. The predicted molar refractivity (Wildman–Crippen MR) is 108 cm³/mol. The molecular formula is C23H28N2O2. The molecule has 0 aromatic heterocycles. The number of nitrogens with one attached hydrogen (secondary N) is 1. The number of carbonyl (C=O) groups is 2. The molecule has 0 atom stereocenters. The van der Waals surface area contributed by atoms with Gasteiger partial charge in [0.1, 0.15) is 0 Å². The largest absolute Gasteiger partial charge is 0.349 e. The van der Waals surface area contributed by atoms with Crippen molar-refractivity contribution in [1.82, 2.24) is 10.2 Å². The van der Waals surface area contributed by atoms with E-state index in [0.717, 1.165) is 24.0 Å². The lowest BCUT2D eigenvalue weighted by Crippen LogP contribution is -2.46. The average molecular weight is 364 g/mol. The summed E-state index contributed by atoms with van der Waals surface area (Å²) in [5.41, 5.74) is 3.80. The number of hydrogen-bond acceptors (Lipinski definition) is 2. The first kappa shape index (κ1) is 19.2. The molecule has 2 amide bonds. The zero-order valence-corrected chi connectivity index (χ0v) is 16.4. The molecule has 0 radical (unpaired) electrons. The molecule has 2 aromatic carbocycles. The van der Waals surface area contributed by atoms with Gasteiger partial charge >= 0.3 is 0 Å². The fraction of sp³-hybridized carbons (Fsp3) is 0.391. The van der Waals surface area contributed by atoms with Crippen LogP contribution in [0.4, 0.5) is 0 Å². The number of piperidine rings is 1. The average Bonchev–Trinajstić information content (AvgIpc) is 2.68. The SMILES string of the molecule is Cc1ccc(C(=O)N2CCC(NC(=O)c3ccc(C(C)C)cc3)CC2)cc1. The lowest BCUT2D eigenvalue weighted by Gasteiger charge is -2.32. The van der Waals surface area contributed by atoms with Crippen LogP contribution < -0.4 is 5.32 Å². The zero-order chi connectivity index (χ0) is 19.4. The summed E-state index contributed by atoms with van der Waals surface area (Å²) in [5.74, 6) is 0.496. The van der Waals surface area contributed by atoms with Crippen molar-refractivity contribution in [1.29, 1.82) is 0 Å². The summed E-state index contributed by atoms with van der Waals surface area (Å²) < 4.78 is 0. The molecule has 2 aromatic rings. The van der Waals surface area contributed by atoms with Crippen molar-refractivity contribution in [3.8, 4) is 0 Å². The zero-order valence-electron chi connectivity index (χ0n) is 16.4. The highest BCUT2D eigenvalue weighted by Crippen LogP contribution is 2.17. The summed E-state index contributed by atoms with van der Waals surface area (Å²) in [7, 11) is 0. The quantitative estimate of drug-likeness (QED) is 0.886. The van der Waals surface area contributed by atoms with Crippen molar-refractivity contribution in [2.24, 2.45) is 0 Å². The third-order valence-electron chi connectivity index (χ3n) is 5.26. The van der Waals surface area contributed by atoms with E-state index in [1.807, 2.05) is 60.4 Å².